The van der Waals surface area contributed by atoms with Crippen LogP contribution in [0.15, 0.2) is 43.0 Å². The summed E-state index contributed by atoms with van der Waals surface area (Å²) in [6.07, 6.45) is 8.33. The first-order valence-corrected chi connectivity index (χ1v) is 6.03. The molecule has 4 heteroatoms. The molecule has 0 spiro atoms. The number of aldehydes is 1. The van der Waals surface area contributed by atoms with E-state index in [1.165, 1.54) is 0 Å². The highest BCUT2D eigenvalue weighted by atomic mass is 16.5. The standard InChI is InChI=1S/C14H16N2O2/c17-11-13-5-1-2-6-14(13)18-10-4-3-8-16-9-7-15-12-16/h1-2,5-7,9,11-12H,3-4,8,10H2. The first-order chi connectivity index (χ1) is 8.90. The number of carbonyl (C=O) groups excluding carboxylic acids is 1. The van der Waals surface area contributed by atoms with Gasteiger partial charge in [-0.2, -0.15) is 0 Å². The Morgan fingerprint density at radius 1 is 1.28 bits per heavy atom. The Bertz CT molecular complexity index is 480. The highest BCUT2D eigenvalue weighted by molar-refractivity contribution is 5.79. The molecule has 0 atom stereocenters. The van der Waals surface area contributed by atoms with Crippen molar-refractivity contribution in [3.63, 3.8) is 0 Å². The molecule has 0 unspecified atom stereocenters. The van der Waals surface area contributed by atoms with Crippen LogP contribution < -0.4 is 4.74 Å². The second kappa shape index (κ2) is 6.59. The fraction of sp³-hybridized carbons (Fsp3) is 0.286. The summed E-state index contributed by atoms with van der Waals surface area (Å²) in [4.78, 5) is 14.8. The van der Waals surface area contributed by atoms with Gasteiger partial charge < -0.3 is 9.30 Å². The van der Waals surface area contributed by atoms with Gasteiger partial charge in [0.25, 0.3) is 0 Å². The average Bonchev–Trinajstić information content (AvgIpc) is 2.92. The molecule has 1 aromatic carbocycles. The zero-order valence-corrected chi connectivity index (χ0v) is 10.2. The molecule has 0 saturated carbocycles. The Hall–Kier alpha value is -2.10. The van der Waals surface area contributed by atoms with E-state index in [-0.39, 0.29) is 0 Å². The van der Waals surface area contributed by atoms with Crippen LogP contribution in [0.25, 0.3) is 0 Å². The molecule has 1 aromatic heterocycles. The number of benzene rings is 1. The van der Waals surface area contributed by atoms with Crippen molar-refractivity contribution < 1.29 is 9.53 Å². The van der Waals surface area contributed by atoms with Crippen molar-refractivity contribution in [3.05, 3.63) is 48.5 Å². The van der Waals surface area contributed by atoms with Gasteiger partial charge in [-0.05, 0) is 25.0 Å². The molecule has 0 amide bonds. The molecule has 0 saturated heterocycles. The zero-order valence-electron chi connectivity index (χ0n) is 10.2. The molecule has 0 fully saturated rings. The van der Waals surface area contributed by atoms with E-state index in [2.05, 4.69) is 4.98 Å². The molecule has 4 nitrogen and oxygen atoms in total. The molecular weight excluding hydrogens is 228 g/mol. The zero-order chi connectivity index (χ0) is 12.6. The maximum absolute atomic E-state index is 10.8. The summed E-state index contributed by atoms with van der Waals surface area (Å²) in [7, 11) is 0. The molecule has 0 N–H and O–H groups in total. The molecular formula is C14H16N2O2. The smallest absolute Gasteiger partial charge is 0.153 e. The average molecular weight is 244 g/mol. The van der Waals surface area contributed by atoms with E-state index < -0.39 is 0 Å². The Morgan fingerprint density at radius 3 is 2.94 bits per heavy atom. The van der Waals surface area contributed by atoms with Crippen LogP contribution in [0.2, 0.25) is 0 Å². The Labute approximate surface area is 106 Å². The summed E-state index contributed by atoms with van der Waals surface area (Å²) in [6, 6.07) is 7.27. The molecule has 18 heavy (non-hydrogen) atoms. The maximum atomic E-state index is 10.8. The van der Waals surface area contributed by atoms with Gasteiger partial charge in [-0.15, -0.1) is 0 Å². The summed E-state index contributed by atoms with van der Waals surface area (Å²) in [6.45, 7) is 1.57. The third-order valence-corrected chi connectivity index (χ3v) is 2.67. The van der Waals surface area contributed by atoms with Crippen LogP contribution in [0.1, 0.15) is 23.2 Å². The van der Waals surface area contributed by atoms with E-state index in [0.717, 1.165) is 25.7 Å². The normalized spacial score (nSPS) is 10.2. The predicted octanol–water partition coefficient (Wildman–Crippen LogP) is 2.55. The summed E-state index contributed by atoms with van der Waals surface area (Å²) in [5.74, 6) is 0.662. The fourth-order valence-corrected chi connectivity index (χ4v) is 1.71. The molecule has 0 aliphatic heterocycles. The van der Waals surface area contributed by atoms with Crippen molar-refractivity contribution in [2.45, 2.75) is 19.4 Å². The number of unbranched alkanes of at least 4 members (excludes halogenated alkanes) is 1. The minimum Gasteiger partial charge on any atom is -0.493 e. The van der Waals surface area contributed by atoms with E-state index in [4.69, 9.17) is 4.74 Å². The summed E-state index contributed by atoms with van der Waals surface area (Å²) in [5, 5.41) is 0. The van der Waals surface area contributed by atoms with Crippen LogP contribution in [-0.4, -0.2) is 22.4 Å². The lowest BCUT2D eigenvalue weighted by molar-refractivity contribution is 0.111. The molecule has 2 aromatic rings. The van der Waals surface area contributed by atoms with Gasteiger partial charge in [-0.1, -0.05) is 12.1 Å². The van der Waals surface area contributed by atoms with Crippen LogP contribution in [0, 0.1) is 0 Å². The molecule has 2 rings (SSSR count). The highest BCUT2D eigenvalue weighted by Crippen LogP contribution is 2.15. The summed E-state index contributed by atoms with van der Waals surface area (Å²) >= 11 is 0. The van der Waals surface area contributed by atoms with E-state index in [1.807, 2.05) is 35.3 Å². The fourth-order valence-electron chi connectivity index (χ4n) is 1.71. The highest BCUT2D eigenvalue weighted by Gasteiger charge is 2.00. The third-order valence-electron chi connectivity index (χ3n) is 2.67. The topological polar surface area (TPSA) is 44.1 Å². The van der Waals surface area contributed by atoms with Crippen molar-refractivity contribution in [2.75, 3.05) is 6.61 Å². The minimum atomic E-state index is 0.604. The first kappa shape index (κ1) is 12.4. The SMILES string of the molecule is O=Cc1ccccc1OCCCCn1ccnc1. The van der Waals surface area contributed by atoms with Gasteiger partial charge in [-0.3, -0.25) is 4.79 Å². The van der Waals surface area contributed by atoms with Crippen molar-refractivity contribution in [1.82, 2.24) is 9.55 Å². The van der Waals surface area contributed by atoms with Crippen molar-refractivity contribution in [1.29, 1.82) is 0 Å². The van der Waals surface area contributed by atoms with E-state index in [0.29, 0.717) is 17.9 Å². The number of hydrogen-bond acceptors (Lipinski definition) is 3. The molecule has 1 heterocycles. The molecule has 0 aliphatic carbocycles. The number of ether oxygens (including phenoxy) is 1. The van der Waals surface area contributed by atoms with Crippen molar-refractivity contribution in [3.8, 4) is 5.75 Å². The summed E-state index contributed by atoms with van der Waals surface area (Å²) in [5.41, 5.74) is 0.604. The van der Waals surface area contributed by atoms with Crippen LogP contribution in [0.4, 0.5) is 0 Å². The van der Waals surface area contributed by atoms with E-state index >= 15 is 0 Å². The lowest BCUT2D eigenvalue weighted by atomic mass is 10.2. The second-order valence-corrected chi connectivity index (χ2v) is 4.01. The van der Waals surface area contributed by atoms with Gasteiger partial charge in [0, 0.05) is 18.9 Å². The van der Waals surface area contributed by atoms with Gasteiger partial charge >= 0.3 is 0 Å². The number of hydrogen-bond donors (Lipinski definition) is 0. The van der Waals surface area contributed by atoms with Crippen LogP contribution in [0.3, 0.4) is 0 Å². The van der Waals surface area contributed by atoms with Crippen molar-refractivity contribution in [2.24, 2.45) is 0 Å². The first-order valence-electron chi connectivity index (χ1n) is 6.03. The van der Waals surface area contributed by atoms with Gasteiger partial charge in [-0.25, -0.2) is 4.98 Å². The Kier molecular flexibility index (Phi) is 4.53. The third kappa shape index (κ3) is 3.45. The van der Waals surface area contributed by atoms with Gasteiger partial charge in [0.1, 0.15) is 5.75 Å². The van der Waals surface area contributed by atoms with E-state index in [9.17, 15) is 4.79 Å². The van der Waals surface area contributed by atoms with Gasteiger partial charge in [0.05, 0.1) is 18.5 Å². The predicted molar refractivity (Wildman–Crippen MR) is 68.8 cm³/mol. The van der Waals surface area contributed by atoms with Gasteiger partial charge in [0.2, 0.25) is 0 Å². The van der Waals surface area contributed by atoms with Crippen molar-refractivity contribution >= 4 is 6.29 Å². The Morgan fingerprint density at radius 2 is 2.17 bits per heavy atom. The molecule has 0 bridgehead atoms. The number of aryl methyl sites for hydroxylation is 1. The molecule has 0 radical (unpaired) electrons. The molecule has 0 aliphatic rings. The second-order valence-electron chi connectivity index (χ2n) is 4.01. The van der Waals surface area contributed by atoms with E-state index in [1.54, 1.807) is 12.3 Å². The number of imidazole rings is 1. The largest absolute Gasteiger partial charge is 0.493 e. The maximum Gasteiger partial charge on any atom is 0.153 e. The Balaban J connectivity index is 1.70. The number of rotatable bonds is 7. The lowest BCUT2D eigenvalue weighted by Crippen LogP contribution is -2.02. The quantitative estimate of drug-likeness (QED) is 0.555. The number of nitrogens with zero attached hydrogens (tertiary/aromatic N) is 2. The molecule has 94 valence electrons. The summed E-state index contributed by atoms with van der Waals surface area (Å²) < 4.78 is 7.63. The lowest BCUT2D eigenvalue weighted by Gasteiger charge is -2.08. The number of aromatic nitrogens is 2. The number of para-hydroxylation sites is 1. The monoisotopic (exact) mass is 244 g/mol. The van der Waals surface area contributed by atoms with Crippen LogP contribution in [0.5, 0.6) is 5.75 Å². The minimum absolute atomic E-state index is 0.604. The number of carbonyl (C=O) groups is 1. The van der Waals surface area contributed by atoms with Crippen LogP contribution in [-0.2, 0) is 6.54 Å². The van der Waals surface area contributed by atoms with Crippen LogP contribution >= 0.6 is 0 Å². The van der Waals surface area contributed by atoms with Gasteiger partial charge in [0.15, 0.2) is 6.29 Å².